The number of nitrogens with one attached hydrogen (secondary N) is 1. The van der Waals surface area contributed by atoms with Crippen molar-refractivity contribution >= 4 is 0 Å². The molecule has 1 fully saturated rings. The number of nitrogens with zero attached hydrogens (tertiary/aromatic N) is 1. The molecule has 84 valence electrons. The van der Waals surface area contributed by atoms with Gasteiger partial charge in [-0.1, -0.05) is 6.58 Å². The number of rotatable bonds is 4. The van der Waals surface area contributed by atoms with Gasteiger partial charge in [0, 0.05) is 24.4 Å². The van der Waals surface area contributed by atoms with Crippen LogP contribution >= 0.6 is 0 Å². The van der Waals surface area contributed by atoms with Crippen molar-refractivity contribution < 1.29 is 0 Å². The van der Waals surface area contributed by atoms with E-state index in [1.807, 2.05) is 18.4 Å². The Hall–Kier alpha value is -1.22. The van der Waals surface area contributed by atoms with E-state index in [1.165, 1.54) is 19.4 Å². The van der Waals surface area contributed by atoms with Gasteiger partial charge in [0.25, 0.3) is 0 Å². The molecule has 0 aromatic carbocycles. The average Bonchev–Trinajstić information content (AvgIpc) is 2.24. The molecule has 1 saturated heterocycles. The molecule has 1 unspecified atom stereocenters. The molecule has 0 amide bonds. The molecular formula is C12H21N3. The monoisotopic (exact) mass is 207 g/mol. The summed E-state index contributed by atoms with van der Waals surface area (Å²) in [5.41, 5.74) is 7.00. The van der Waals surface area contributed by atoms with Crippen LogP contribution in [0.2, 0.25) is 0 Å². The Balaban J connectivity index is 2.43. The Morgan fingerprint density at radius 1 is 1.60 bits per heavy atom. The largest absolute Gasteiger partial charge is 0.402 e. The van der Waals surface area contributed by atoms with E-state index in [1.54, 1.807) is 6.20 Å². The fraction of sp³-hybridized carbons (Fsp3) is 0.500. The molecule has 3 N–H and O–H groups in total. The fourth-order valence-electron chi connectivity index (χ4n) is 1.86. The first-order chi connectivity index (χ1) is 7.24. The van der Waals surface area contributed by atoms with Gasteiger partial charge in [0.2, 0.25) is 0 Å². The summed E-state index contributed by atoms with van der Waals surface area (Å²) < 4.78 is 0. The van der Waals surface area contributed by atoms with Crippen LogP contribution in [0.25, 0.3) is 0 Å². The highest BCUT2D eigenvalue weighted by molar-refractivity contribution is 5.13. The molecular weight excluding hydrogens is 186 g/mol. The molecule has 0 spiro atoms. The number of hydrogen-bond donors (Lipinski definition) is 2. The number of likely N-dealkylation sites (tertiary alicyclic amines) is 1. The van der Waals surface area contributed by atoms with Crippen molar-refractivity contribution in [1.82, 2.24) is 10.2 Å². The summed E-state index contributed by atoms with van der Waals surface area (Å²) in [7, 11) is 2.15. The summed E-state index contributed by atoms with van der Waals surface area (Å²) >= 11 is 0. The number of hydrogen-bond acceptors (Lipinski definition) is 3. The van der Waals surface area contributed by atoms with Gasteiger partial charge in [0.15, 0.2) is 0 Å². The lowest BCUT2D eigenvalue weighted by atomic mass is 9.95. The van der Waals surface area contributed by atoms with Crippen LogP contribution in [0.5, 0.6) is 0 Å². The van der Waals surface area contributed by atoms with Gasteiger partial charge in [-0.25, -0.2) is 0 Å². The summed E-state index contributed by atoms with van der Waals surface area (Å²) in [5, 5.41) is 2.89. The standard InChI is InChI=1S/C12H21N3/c1-3-14-8-4-7-12(13)11-6-5-9-15(2)10-11/h3-4,7-8,11,14H,1,5-6,9-10,13H2,2H3/b8-4-,12-7+. The molecule has 0 saturated carbocycles. The molecule has 3 nitrogen and oxygen atoms in total. The molecule has 3 heteroatoms. The number of piperidine rings is 1. The molecule has 1 aliphatic rings. The minimum absolute atomic E-state index is 0.511. The summed E-state index contributed by atoms with van der Waals surface area (Å²) in [6.45, 7) is 5.82. The van der Waals surface area contributed by atoms with E-state index in [4.69, 9.17) is 5.73 Å². The normalized spacial score (nSPS) is 24.3. The fourth-order valence-corrected chi connectivity index (χ4v) is 1.86. The SMILES string of the molecule is C=CN/C=C\C=C(\N)C1CCCN(C)C1. The first kappa shape index (κ1) is 11.9. The third-order valence-electron chi connectivity index (χ3n) is 2.69. The molecule has 1 atom stereocenters. The highest BCUT2D eigenvalue weighted by atomic mass is 15.1. The average molecular weight is 207 g/mol. The predicted molar refractivity (Wildman–Crippen MR) is 65.0 cm³/mol. The van der Waals surface area contributed by atoms with Gasteiger partial charge in [0.1, 0.15) is 0 Å². The summed E-state index contributed by atoms with van der Waals surface area (Å²) in [5.74, 6) is 0.511. The van der Waals surface area contributed by atoms with Gasteiger partial charge in [-0.2, -0.15) is 0 Å². The minimum Gasteiger partial charge on any atom is -0.402 e. The Kier molecular flexibility index (Phi) is 4.98. The third-order valence-corrected chi connectivity index (χ3v) is 2.69. The Labute approximate surface area is 92.3 Å². The zero-order valence-corrected chi connectivity index (χ0v) is 9.45. The van der Waals surface area contributed by atoms with Crippen LogP contribution in [0.4, 0.5) is 0 Å². The van der Waals surface area contributed by atoms with Crippen molar-refractivity contribution in [2.75, 3.05) is 20.1 Å². The van der Waals surface area contributed by atoms with Crippen LogP contribution in [0, 0.1) is 5.92 Å². The van der Waals surface area contributed by atoms with Gasteiger partial charge >= 0.3 is 0 Å². The van der Waals surface area contributed by atoms with Gasteiger partial charge in [-0.05, 0) is 44.8 Å². The van der Waals surface area contributed by atoms with Crippen molar-refractivity contribution in [2.24, 2.45) is 11.7 Å². The topological polar surface area (TPSA) is 41.3 Å². The molecule has 0 aliphatic carbocycles. The van der Waals surface area contributed by atoms with Crippen molar-refractivity contribution in [2.45, 2.75) is 12.8 Å². The van der Waals surface area contributed by atoms with E-state index < -0.39 is 0 Å². The van der Waals surface area contributed by atoms with Crippen LogP contribution < -0.4 is 11.1 Å². The van der Waals surface area contributed by atoms with Gasteiger partial charge < -0.3 is 16.0 Å². The molecule has 1 heterocycles. The smallest absolute Gasteiger partial charge is 0.0125 e. The maximum atomic E-state index is 6.02. The van der Waals surface area contributed by atoms with Crippen LogP contribution in [0.15, 0.2) is 36.8 Å². The van der Waals surface area contributed by atoms with E-state index in [0.717, 1.165) is 12.2 Å². The second-order valence-electron chi connectivity index (χ2n) is 4.00. The maximum Gasteiger partial charge on any atom is 0.0125 e. The van der Waals surface area contributed by atoms with Crippen molar-refractivity contribution in [3.63, 3.8) is 0 Å². The lowest BCUT2D eigenvalue weighted by Crippen LogP contribution is -2.34. The number of nitrogens with two attached hydrogens (primary N) is 1. The first-order valence-electron chi connectivity index (χ1n) is 5.41. The van der Waals surface area contributed by atoms with Crippen molar-refractivity contribution in [3.8, 4) is 0 Å². The maximum absolute atomic E-state index is 6.02. The quantitative estimate of drug-likeness (QED) is 0.685. The van der Waals surface area contributed by atoms with Gasteiger partial charge in [-0.15, -0.1) is 0 Å². The lowest BCUT2D eigenvalue weighted by Gasteiger charge is -2.29. The molecule has 1 aliphatic heterocycles. The Morgan fingerprint density at radius 3 is 3.07 bits per heavy atom. The summed E-state index contributed by atoms with van der Waals surface area (Å²) in [6, 6.07) is 0. The van der Waals surface area contributed by atoms with Crippen molar-refractivity contribution in [3.05, 3.63) is 36.8 Å². The summed E-state index contributed by atoms with van der Waals surface area (Å²) in [6.07, 6.45) is 9.80. The zero-order chi connectivity index (χ0) is 11.1. The molecule has 0 bridgehead atoms. The molecule has 0 aromatic heterocycles. The Bertz CT molecular complexity index is 256. The second-order valence-corrected chi connectivity index (χ2v) is 4.00. The molecule has 0 aromatic rings. The lowest BCUT2D eigenvalue weighted by molar-refractivity contribution is 0.229. The molecule has 1 rings (SSSR count). The van der Waals surface area contributed by atoms with E-state index in [2.05, 4.69) is 23.8 Å². The predicted octanol–water partition coefficient (Wildman–Crippen LogP) is 1.42. The van der Waals surface area contributed by atoms with E-state index >= 15 is 0 Å². The number of allylic oxidation sites excluding steroid dienone is 2. The van der Waals surface area contributed by atoms with E-state index in [-0.39, 0.29) is 0 Å². The third kappa shape index (κ3) is 4.21. The van der Waals surface area contributed by atoms with Crippen LogP contribution in [-0.4, -0.2) is 25.0 Å². The van der Waals surface area contributed by atoms with Gasteiger partial charge in [-0.3, -0.25) is 0 Å². The van der Waals surface area contributed by atoms with Crippen LogP contribution in [0.1, 0.15) is 12.8 Å². The first-order valence-corrected chi connectivity index (χ1v) is 5.41. The minimum atomic E-state index is 0.511. The van der Waals surface area contributed by atoms with E-state index in [9.17, 15) is 0 Å². The molecule has 0 radical (unpaired) electrons. The second kappa shape index (κ2) is 6.30. The highest BCUT2D eigenvalue weighted by Crippen LogP contribution is 2.19. The van der Waals surface area contributed by atoms with Gasteiger partial charge in [0.05, 0.1) is 0 Å². The van der Waals surface area contributed by atoms with Crippen molar-refractivity contribution in [1.29, 1.82) is 0 Å². The van der Waals surface area contributed by atoms with E-state index in [0.29, 0.717) is 5.92 Å². The summed E-state index contributed by atoms with van der Waals surface area (Å²) in [4.78, 5) is 2.33. The zero-order valence-electron chi connectivity index (χ0n) is 9.45. The van der Waals surface area contributed by atoms with Crippen LogP contribution in [-0.2, 0) is 0 Å². The van der Waals surface area contributed by atoms with Crippen LogP contribution in [0.3, 0.4) is 0 Å². The highest BCUT2D eigenvalue weighted by Gasteiger charge is 2.18. The Morgan fingerprint density at radius 2 is 2.40 bits per heavy atom. The molecule has 15 heavy (non-hydrogen) atoms.